The summed E-state index contributed by atoms with van der Waals surface area (Å²) in [5.41, 5.74) is 8.72. The predicted molar refractivity (Wildman–Crippen MR) is 125 cm³/mol. The van der Waals surface area contributed by atoms with Gasteiger partial charge in [-0.3, -0.25) is 4.79 Å². The molecule has 0 bridgehead atoms. The summed E-state index contributed by atoms with van der Waals surface area (Å²) in [6.45, 7) is 10.9. The maximum Gasteiger partial charge on any atom is 0.198 e. The van der Waals surface area contributed by atoms with Crippen molar-refractivity contribution in [3.05, 3.63) is 77.2 Å². The zero-order valence-corrected chi connectivity index (χ0v) is 19.9. The van der Waals surface area contributed by atoms with E-state index in [0.29, 0.717) is 16.8 Å². The summed E-state index contributed by atoms with van der Waals surface area (Å²) in [6, 6.07) is 13.4. The summed E-state index contributed by atoms with van der Waals surface area (Å²) in [4.78, 5) is 13.2. The molecule has 1 unspecified atom stereocenters. The van der Waals surface area contributed by atoms with Crippen LogP contribution in [0.3, 0.4) is 0 Å². The first-order valence-electron chi connectivity index (χ1n) is 10.4. The lowest BCUT2D eigenvalue weighted by molar-refractivity contribution is 0.0867. The van der Waals surface area contributed by atoms with Crippen LogP contribution in [-0.2, 0) is 10.8 Å². The zero-order valence-electron chi connectivity index (χ0n) is 18.7. The quantitative estimate of drug-likeness (QED) is 0.425. The maximum absolute atomic E-state index is 13.2. The number of halogens is 1. The Balaban J connectivity index is 1.86. The zero-order chi connectivity index (χ0) is 22.8. The number of nitrogens with two attached hydrogens (primary N) is 1. The molecule has 1 atom stereocenters. The van der Waals surface area contributed by atoms with Crippen molar-refractivity contribution in [1.29, 1.82) is 0 Å². The Morgan fingerprint density at radius 3 is 2.48 bits per heavy atom. The molecule has 2 N–H and O–H groups in total. The number of carbonyl (C=O) groups excluding carboxylic acids is 1. The van der Waals surface area contributed by atoms with E-state index in [4.69, 9.17) is 10.2 Å². The number of hydrogen-bond donors (Lipinski definition) is 1. The summed E-state index contributed by atoms with van der Waals surface area (Å²) in [5.74, 6) is -0.317. The lowest BCUT2D eigenvalue weighted by Gasteiger charge is -2.33. The molecule has 31 heavy (non-hydrogen) atoms. The summed E-state index contributed by atoms with van der Waals surface area (Å²) < 4.78 is 20.9. The highest BCUT2D eigenvalue weighted by atomic mass is 28.3. The fourth-order valence-corrected chi connectivity index (χ4v) is 4.58. The van der Waals surface area contributed by atoms with E-state index < -0.39 is 9.04 Å². The SMILES string of the molecule is C[SiH](C)OC(Cc1cccc(C(=O)c2cnn(-c3ccc(F)cc3)c2N)c1)C(C)(C)C. The van der Waals surface area contributed by atoms with Gasteiger partial charge >= 0.3 is 0 Å². The van der Waals surface area contributed by atoms with E-state index in [1.807, 2.05) is 18.2 Å². The highest BCUT2D eigenvalue weighted by Gasteiger charge is 2.27. The summed E-state index contributed by atoms with van der Waals surface area (Å²) in [7, 11) is -1.21. The second kappa shape index (κ2) is 9.16. The van der Waals surface area contributed by atoms with E-state index >= 15 is 0 Å². The van der Waals surface area contributed by atoms with E-state index in [9.17, 15) is 9.18 Å². The van der Waals surface area contributed by atoms with Crippen LogP contribution in [0.4, 0.5) is 10.2 Å². The molecule has 3 rings (SSSR count). The molecule has 0 fully saturated rings. The van der Waals surface area contributed by atoms with Gasteiger partial charge in [-0.05, 0) is 60.8 Å². The Kier molecular flexibility index (Phi) is 6.76. The van der Waals surface area contributed by atoms with Crippen LogP contribution in [0.25, 0.3) is 5.69 Å². The first kappa shape index (κ1) is 22.9. The van der Waals surface area contributed by atoms with Crippen molar-refractivity contribution in [3.8, 4) is 5.69 Å². The van der Waals surface area contributed by atoms with Gasteiger partial charge in [-0.2, -0.15) is 5.10 Å². The Morgan fingerprint density at radius 1 is 1.19 bits per heavy atom. The minimum absolute atomic E-state index is 0.00198. The Morgan fingerprint density at radius 2 is 1.87 bits per heavy atom. The van der Waals surface area contributed by atoms with Crippen molar-refractivity contribution >= 4 is 20.6 Å². The Labute approximate surface area is 184 Å². The molecule has 0 aliphatic heterocycles. The third-order valence-electron chi connectivity index (χ3n) is 5.13. The predicted octanol–water partition coefficient (Wildman–Crippen LogP) is 4.78. The van der Waals surface area contributed by atoms with Crippen LogP contribution in [-0.4, -0.2) is 30.7 Å². The molecule has 2 aromatic carbocycles. The third-order valence-corrected chi connectivity index (χ3v) is 6.01. The molecular weight excluding hydrogens is 409 g/mol. The van der Waals surface area contributed by atoms with Gasteiger partial charge in [-0.15, -0.1) is 0 Å². The third kappa shape index (κ3) is 5.48. The topological polar surface area (TPSA) is 70.1 Å². The van der Waals surface area contributed by atoms with Crippen LogP contribution in [0, 0.1) is 11.2 Å². The van der Waals surface area contributed by atoms with Gasteiger partial charge in [0, 0.05) is 5.56 Å². The lowest BCUT2D eigenvalue weighted by atomic mass is 9.85. The van der Waals surface area contributed by atoms with Crippen LogP contribution >= 0.6 is 0 Å². The molecule has 5 nitrogen and oxygen atoms in total. The second-order valence-corrected chi connectivity index (χ2v) is 11.5. The van der Waals surface area contributed by atoms with Gasteiger partial charge < -0.3 is 10.2 Å². The summed E-state index contributed by atoms with van der Waals surface area (Å²) in [6.07, 6.45) is 2.27. The number of aromatic nitrogens is 2. The molecule has 3 aromatic rings. The van der Waals surface area contributed by atoms with Crippen LogP contribution in [0.1, 0.15) is 42.3 Å². The van der Waals surface area contributed by atoms with Gasteiger partial charge in [-0.1, -0.05) is 39.0 Å². The maximum atomic E-state index is 13.2. The molecule has 7 heteroatoms. The van der Waals surface area contributed by atoms with E-state index in [2.05, 4.69) is 39.0 Å². The second-order valence-electron chi connectivity index (χ2n) is 9.10. The average molecular weight is 440 g/mol. The van der Waals surface area contributed by atoms with Crippen molar-refractivity contribution in [1.82, 2.24) is 9.78 Å². The first-order valence-corrected chi connectivity index (χ1v) is 13.2. The van der Waals surface area contributed by atoms with Crippen LogP contribution in [0.5, 0.6) is 0 Å². The van der Waals surface area contributed by atoms with E-state index in [1.54, 1.807) is 18.2 Å². The fourth-order valence-electron chi connectivity index (χ4n) is 3.42. The standard InChI is InChI=1S/C24H30FN3O2Si/c1-24(2,3)21(30-31(4)5)14-16-7-6-8-17(13-16)22(29)20-15-27-28(23(20)26)19-11-9-18(25)10-12-19/h6-13,15,21,31H,14,26H2,1-5H3. The molecule has 0 aliphatic carbocycles. The highest BCUT2D eigenvalue weighted by Crippen LogP contribution is 2.27. The molecule has 1 heterocycles. The van der Waals surface area contributed by atoms with Crippen LogP contribution < -0.4 is 5.73 Å². The van der Waals surface area contributed by atoms with Gasteiger partial charge in [0.1, 0.15) is 11.6 Å². The van der Waals surface area contributed by atoms with Gasteiger partial charge in [0.2, 0.25) is 0 Å². The fraction of sp³-hybridized carbons (Fsp3) is 0.333. The molecular formula is C24H30FN3O2Si. The minimum Gasteiger partial charge on any atom is -0.417 e. The largest absolute Gasteiger partial charge is 0.417 e. The van der Waals surface area contributed by atoms with Gasteiger partial charge in [-0.25, -0.2) is 9.07 Å². The van der Waals surface area contributed by atoms with E-state index in [1.165, 1.54) is 23.0 Å². The minimum atomic E-state index is -1.21. The molecule has 0 radical (unpaired) electrons. The van der Waals surface area contributed by atoms with Crippen molar-refractivity contribution in [2.24, 2.45) is 5.41 Å². The molecule has 0 amide bonds. The first-order chi connectivity index (χ1) is 14.6. The Bertz CT molecular complexity index is 1060. The number of rotatable bonds is 7. The molecule has 0 spiro atoms. The van der Waals surface area contributed by atoms with E-state index in [0.717, 1.165) is 12.0 Å². The molecule has 164 valence electrons. The van der Waals surface area contributed by atoms with E-state index in [-0.39, 0.29) is 28.9 Å². The van der Waals surface area contributed by atoms with Crippen LogP contribution in [0.2, 0.25) is 13.1 Å². The van der Waals surface area contributed by atoms with Gasteiger partial charge in [0.25, 0.3) is 0 Å². The number of nitrogen functional groups attached to an aromatic ring is 1. The molecule has 0 saturated heterocycles. The number of benzene rings is 2. The number of hydrogen-bond acceptors (Lipinski definition) is 4. The Hall–Kier alpha value is -2.77. The average Bonchev–Trinajstić information content (AvgIpc) is 3.08. The molecule has 1 aromatic heterocycles. The van der Waals surface area contributed by atoms with Crippen LogP contribution in [0.15, 0.2) is 54.7 Å². The monoisotopic (exact) mass is 439 g/mol. The molecule has 0 aliphatic rings. The van der Waals surface area contributed by atoms with Crippen molar-refractivity contribution in [3.63, 3.8) is 0 Å². The van der Waals surface area contributed by atoms with Gasteiger partial charge in [0.15, 0.2) is 14.8 Å². The lowest BCUT2D eigenvalue weighted by Crippen LogP contribution is -2.35. The van der Waals surface area contributed by atoms with Crippen molar-refractivity contribution in [2.45, 2.75) is 46.4 Å². The van der Waals surface area contributed by atoms with Gasteiger partial charge in [0.05, 0.1) is 23.6 Å². The smallest absolute Gasteiger partial charge is 0.198 e. The van der Waals surface area contributed by atoms with Crippen molar-refractivity contribution in [2.75, 3.05) is 5.73 Å². The highest BCUT2D eigenvalue weighted by molar-refractivity contribution is 6.48. The molecule has 0 saturated carbocycles. The number of ketones is 1. The number of anilines is 1. The number of carbonyl (C=O) groups is 1. The normalized spacial score (nSPS) is 12.9. The summed E-state index contributed by atoms with van der Waals surface area (Å²) in [5, 5.41) is 4.23. The number of nitrogens with zero attached hydrogens (tertiary/aromatic N) is 2. The summed E-state index contributed by atoms with van der Waals surface area (Å²) >= 11 is 0. The van der Waals surface area contributed by atoms with Crippen molar-refractivity contribution < 1.29 is 13.6 Å².